The summed E-state index contributed by atoms with van der Waals surface area (Å²) in [5.41, 5.74) is 2.76. The van der Waals surface area contributed by atoms with E-state index in [0.29, 0.717) is 30.9 Å². The van der Waals surface area contributed by atoms with Crippen molar-refractivity contribution in [2.45, 2.75) is 18.2 Å². The Morgan fingerprint density at radius 1 is 1.14 bits per heavy atom. The monoisotopic (exact) mass is 420 g/mol. The number of halogens is 1. The molecular formula is C19H21ClN4O3S. The van der Waals surface area contributed by atoms with Crippen molar-refractivity contribution in [3.8, 4) is 6.07 Å². The summed E-state index contributed by atoms with van der Waals surface area (Å²) >= 11 is 6.12. The molecule has 0 fully saturated rings. The Balaban J connectivity index is 2.24. The van der Waals surface area contributed by atoms with Gasteiger partial charge in [-0.05, 0) is 48.9 Å². The smallest absolute Gasteiger partial charge is 0.175 e. The number of hydrogen-bond acceptors (Lipinski definition) is 7. The average Bonchev–Trinajstić information content (AvgIpc) is 2.64. The molecule has 148 valence electrons. The van der Waals surface area contributed by atoms with Crippen LogP contribution in [0, 0.1) is 18.3 Å². The van der Waals surface area contributed by atoms with E-state index < -0.39 is 9.84 Å². The van der Waals surface area contributed by atoms with E-state index in [4.69, 9.17) is 16.9 Å². The highest BCUT2D eigenvalue weighted by atomic mass is 35.5. The lowest BCUT2D eigenvalue weighted by atomic mass is 10.1. The third-order valence-electron chi connectivity index (χ3n) is 4.02. The van der Waals surface area contributed by atoms with Gasteiger partial charge in [0.25, 0.3) is 0 Å². The van der Waals surface area contributed by atoms with Gasteiger partial charge in [0.15, 0.2) is 9.84 Å². The number of aliphatic hydroxyl groups is 1. The van der Waals surface area contributed by atoms with Crippen LogP contribution in [0.3, 0.4) is 0 Å². The summed E-state index contributed by atoms with van der Waals surface area (Å²) in [6, 6.07) is 12.0. The second kappa shape index (κ2) is 9.64. The minimum Gasteiger partial charge on any atom is -0.395 e. The van der Waals surface area contributed by atoms with Crippen LogP contribution in [0.4, 0.5) is 17.1 Å². The Bertz CT molecular complexity index is 1020. The predicted molar refractivity (Wildman–Crippen MR) is 109 cm³/mol. The van der Waals surface area contributed by atoms with Gasteiger partial charge in [-0.15, -0.1) is 5.11 Å². The van der Waals surface area contributed by atoms with E-state index in [1.54, 1.807) is 6.07 Å². The molecule has 7 nitrogen and oxygen atoms in total. The number of anilines is 1. The summed E-state index contributed by atoms with van der Waals surface area (Å²) in [4.78, 5) is 2.05. The first-order chi connectivity index (χ1) is 13.3. The summed E-state index contributed by atoms with van der Waals surface area (Å²) in [7, 11) is -3.34. The first-order valence-corrected chi connectivity index (χ1v) is 10.8. The van der Waals surface area contributed by atoms with Crippen LogP contribution >= 0.6 is 11.6 Å². The van der Waals surface area contributed by atoms with E-state index in [1.807, 2.05) is 24.0 Å². The molecule has 2 aromatic carbocycles. The molecule has 0 atom stereocenters. The zero-order valence-corrected chi connectivity index (χ0v) is 17.2. The van der Waals surface area contributed by atoms with E-state index in [-0.39, 0.29) is 16.5 Å². The Labute approximate surface area is 169 Å². The summed E-state index contributed by atoms with van der Waals surface area (Å²) in [5.74, 6) is 0. The van der Waals surface area contributed by atoms with Gasteiger partial charge in [0, 0.05) is 25.0 Å². The summed E-state index contributed by atoms with van der Waals surface area (Å²) in [5, 5.41) is 26.5. The SMILES string of the molecule is Cc1cc(N(CCO)CCC#N)ccc1N=Nc1ccc(S(C)(=O)=O)cc1Cl. The quantitative estimate of drug-likeness (QED) is 0.644. The van der Waals surface area contributed by atoms with E-state index in [0.717, 1.165) is 17.5 Å². The van der Waals surface area contributed by atoms with Crippen LogP contribution in [0.25, 0.3) is 0 Å². The highest BCUT2D eigenvalue weighted by Gasteiger charge is 2.11. The van der Waals surface area contributed by atoms with Crippen LogP contribution < -0.4 is 4.90 Å². The highest BCUT2D eigenvalue weighted by molar-refractivity contribution is 7.90. The molecule has 0 amide bonds. The van der Waals surface area contributed by atoms with Crippen LogP contribution in [0.15, 0.2) is 51.5 Å². The standard InChI is InChI=1S/C19H21ClN4O3S/c1-14-12-15(24(10-11-25)9-3-8-21)4-6-18(14)22-23-19-7-5-16(13-17(19)20)28(2,26)27/h4-7,12-13,25H,3,9-11H2,1-2H3. The Morgan fingerprint density at radius 2 is 1.82 bits per heavy atom. The van der Waals surface area contributed by atoms with Gasteiger partial charge in [-0.3, -0.25) is 0 Å². The molecule has 0 aliphatic heterocycles. The van der Waals surface area contributed by atoms with Crippen LogP contribution in [-0.2, 0) is 9.84 Å². The maximum Gasteiger partial charge on any atom is 0.175 e. The fraction of sp³-hybridized carbons (Fsp3) is 0.316. The first kappa shape index (κ1) is 21.8. The van der Waals surface area contributed by atoms with Gasteiger partial charge in [-0.25, -0.2) is 8.42 Å². The van der Waals surface area contributed by atoms with E-state index in [9.17, 15) is 13.5 Å². The number of benzene rings is 2. The van der Waals surface area contributed by atoms with Crippen molar-refractivity contribution in [1.82, 2.24) is 0 Å². The number of azo groups is 1. The van der Waals surface area contributed by atoms with Crippen molar-refractivity contribution in [2.24, 2.45) is 10.2 Å². The van der Waals surface area contributed by atoms with Crippen LogP contribution in [0.2, 0.25) is 5.02 Å². The predicted octanol–water partition coefficient (Wildman–Crippen LogP) is 4.18. The number of nitrogens with zero attached hydrogens (tertiary/aromatic N) is 4. The minimum absolute atomic E-state index is 0.00604. The fourth-order valence-electron chi connectivity index (χ4n) is 2.53. The molecule has 0 saturated carbocycles. The lowest BCUT2D eigenvalue weighted by molar-refractivity contribution is 0.302. The molecule has 2 rings (SSSR count). The molecule has 0 bridgehead atoms. The first-order valence-electron chi connectivity index (χ1n) is 8.51. The number of aryl methyl sites for hydroxylation is 1. The molecule has 0 aliphatic rings. The third kappa shape index (κ3) is 5.76. The molecule has 2 aromatic rings. The lowest BCUT2D eigenvalue weighted by Crippen LogP contribution is -2.27. The molecule has 0 aromatic heterocycles. The maximum atomic E-state index is 11.6. The molecule has 0 spiro atoms. The van der Waals surface area contributed by atoms with Gasteiger partial charge < -0.3 is 10.0 Å². The van der Waals surface area contributed by atoms with Crippen molar-refractivity contribution in [1.29, 1.82) is 5.26 Å². The number of nitriles is 1. The second-order valence-corrected chi connectivity index (χ2v) is 8.60. The van der Waals surface area contributed by atoms with Gasteiger partial charge in [0.1, 0.15) is 5.69 Å². The molecule has 0 aliphatic carbocycles. The van der Waals surface area contributed by atoms with E-state index in [2.05, 4.69) is 16.3 Å². The van der Waals surface area contributed by atoms with Crippen molar-refractivity contribution in [3.63, 3.8) is 0 Å². The van der Waals surface area contributed by atoms with Gasteiger partial charge in [-0.2, -0.15) is 10.4 Å². The van der Waals surface area contributed by atoms with E-state index in [1.165, 1.54) is 18.2 Å². The van der Waals surface area contributed by atoms with Crippen LogP contribution in [0.5, 0.6) is 0 Å². The fourth-order valence-corrected chi connectivity index (χ4v) is 3.46. The van der Waals surface area contributed by atoms with Gasteiger partial charge >= 0.3 is 0 Å². The third-order valence-corrected chi connectivity index (χ3v) is 5.43. The molecular weight excluding hydrogens is 400 g/mol. The zero-order chi connectivity index (χ0) is 20.7. The number of hydrogen-bond donors (Lipinski definition) is 1. The van der Waals surface area contributed by atoms with Gasteiger partial charge in [0.05, 0.1) is 34.7 Å². The van der Waals surface area contributed by atoms with Gasteiger partial charge in [-0.1, -0.05) is 11.6 Å². The highest BCUT2D eigenvalue weighted by Crippen LogP contribution is 2.31. The maximum absolute atomic E-state index is 11.6. The van der Waals surface area contributed by atoms with Gasteiger partial charge in [0.2, 0.25) is 0 Å². The average molecular weight is 421 g/mol. The summed E-state index contributed by atoms with van der Waals surface area (Å²) in [6.07, 6.45) is 1.48. The summed E-state index contributed by atoms with van der Waals surface area (Å²) < 4.78 is 23.1. The number of aliphatic hydroxyl groups excluding tert-OH is 1. The molecule has 28 heavy (non-hydrogen) atoms. The van der Waals surface area contributed by atoms with Crippen molar-refractivity contribution < 1.29 is 13.5 Å². The molecule has 0 heterocycles. The van der Waals surface area contributed by atoms with E-state index >= 15 is 0 Å². The molecule has 9 heteroatoms. The minimum atomic E-state index is -3.34. The van der Waals surface area contributed by atoms with Crippen LogP contribution in [-0.4, -0.2) is 39.5 Å². The second-order valence-electron chi connectivity index (χ2n) is 6.17. The molecule has 0 saturated heterocycles. The molecule has 0 unspecified atom stereocenters. The normalized spacial score (nSPS) is 11.5. The largest absolute Gasteiger partial charge is 0.395 e. The van der Waals surface area contributed by atoms with Crippen LogP contribution in [0.1, 0.15) is 12.0 Å². The zero-order valence-electron chi connectivity index (χ0n) is 15.6. The molecule has 1 N–H and O–H groups in total. The van der Waals surface area contributed by atoms with Crippen molar-refractivity contribution in [2.75, 3.05) is 30.9 Å². The Hall–Kier alpha value is -2.47. The Kier molecular flexibility index (Phi) is 7.52. The lowest BCUT2D eigenvalue weighted by Gasteiger charge is -2.23. The summed E-state index contributed by atoms with van der Waals surface area (Å²) in [6.45, 7) is 2.84. The molecule has 0 radical (unpaired) electrons. The topological polar surface area (TPSA) is 106 Å². The number of sulfone groups is 1. The van der Waals surface area contributed by atoms with Crippen molar-refractivity contribution >= 4 is 38.5 Å². The number of rotatable bonds is 8. The Morgan fingerprint density at radius 3 is 2.39 bits per heavy atom. The van der Waals surface area contributed by atoms with Crippen molar-refractivity contribution in [3.05, 3.63) is 47.0 Å².